The highest BCUT2D eigenvalue weighted by Crippen LogP contribution is 2.20. The van der Waals surface area contributed by atoms with Crippen molar-refractivity contribution in [3.05, 3.63) is 63.5 Å². The molecule has 0 saturated heterocycles. The minimum absolute atomic E-state index is 0.122. The van der Waals surface area contributed by atoms with Gasteiger partial charge in [0.05, 0.1) is 34.3 Å². The predicted octanol–water partition coefficient (Wildman–Crippen LogP) is 2.80. The van der Waals surface area contributed by atoms with E-state index in [0.717, 1.165) is 11.1 Å². The van der Waals surface area contributed by atoms with Gasteiger partial charge >= 0.3 is 5.69 Å². The van der Waals surface area contributed by atoms with Crippen molar-refractivity contribution in [2.75, 3.05) is 11.9 Å². The van der Waals surface area contributed by atoms with Gasteiger partial charge in [0.2, 0.25) is 5.91 Å². The van der Waals surface area contributed by atoms with Gasteiger partial charge in [-0.2, -0.15) is 0 Å². The summed E-state index contributed by atoms with van der Waals surface area (Å²) in [5, 5.41) is 6.49. The first kappa shape index (κ1) is 16.1. The molecular formula is C17H17ClN4O2. The molecule has 1 aromatic heterocycles. The highest BCUT2D eigenvalue weighted by atomic mass is 35.5. The molecule has 1 unspecified atom stereocenters. The molecule has 4 N–H and O–H groups in total. The maximum absolute atomic E-state index is 12.1. The van der Waals surface area contributed by atoms with Gasteiger partial charge in [-0.1, -0.05) is 29.8 Å². The van der Waals surface area contributed by atoms with Crippen molar-refractivity contribution >= 4 is 34.2 Å². The van der Waals surface area contributed by atoms with Crippen LogP contribution < -0.4 is 16.3 Å². The van der Waals surface area contributed by atoms with E-state index in [1.54, 1.807) is 6.07 Å². The smallest absolute Gasteiger partial charge is 0.323 e. The molecule has 7 heteroatoms. The first-order chi connectivity index (χ1) is 11.5. The first-order valence-electron chi connectivity index (χ1n) is 7.52. The fraction of sp³-hybridized carbons (Fsp3) is 0.176. The summed E-state index contributed by atoms with van der Waals surface area (Å²) < 4.78 is 0. The summed E-state index contributed by atoms with van der Waals surface area (Å²) >= 11 is 6.04. The van der Waals surface area contributed by atoms with Gasteiger partial charge in [-0.15, -0.1) is 0 Å². The Bertz CT molecular complexity index is 931. The summed E-state index contributed by atoms with van der Waals surface area (Å²) in [6.45, 7) is 2.01. The van der Waals surface area contributed by atoms with Crippen LogP contribution in [0.25, 0.3) is 11.0 Å². The van der Waals surface area contributed by atoms with Crippen LogP contribution in [-0.4, -0.2) is 22.4 Å². The number of carbonyl (C=O) groups is 1. The fourth-order valence-corrected chi connectivity index (χ4v) is 2.68. The highest BCUT2D eigenvalue weighted by molar-refractivity contribution is 6.33. The lowest BCUT2D eigenvalue weighted by molar-refractivity contribution is -0.120. The maximum Gasteiger partial charge on any atom is 0.323 e. The van der Waals surface area contributed by atoms with Crippen molar-refractivity contribution in [1.82, 2.24) is 15.3 Å². The zero-order chi connectivity index (χ0) is 17.1. The molecule has 1 amide bonds. The number of imidazole rings is 1. The molecule has 1 heterocycles. The lowest BCUT2D eigenvalue weighted by Gasteiger charge is -2.15. The summed E-state index contributed by atoms with van der Waals surface area (Å²) in [5.41, 5.74) is 2.83. The molecule has 2 aromatic carbocycles. The van der Waals surface area contributed by atoms with Gasteiger partial charge in [0.15, 0.2) is 0 Å². The van der Waals surface area contributed by atoms with Gasteiger partial charge in [-0.05, 0) is 36.8 Å². The molecule has 0 aliphatic carbocycles. The standard InChI is InChI=1S/C17H17ClN4O2/c1-10(11-6-7-14-15(8-11)22-17(24)21-14)20-16(23)9-19-13-5-3-2-4-12(13)18/h2-8,10,19H,9H2,1H3,(H,20,23)(H2,21,22,24). The van der Waals surface area contributed by atoms with Crippen LogP contribution in [0.2, 0.25) is 5.02 Å². The average Bonchev–Trinajstić information content (AvgIpc) is 2.93. The Morgan fingerprint density at radius 1 is 1.17 bits per heavy atom. The Morgan fingerprint density at radius 3 is 2.71 bits per heavy atom. The van der Waals surface area contributed by atoms with E-state index < -0.39 is 0 Å². The Kier molecular flexibility index (Phi) is 4.57. The number of hydrogen-bond acceptors (Lipinski definition) is 3. The molecule has 24 heavy (non-hydrogen) atoms. The van der Waals surface area contributed by atoms with Crippen LogP contribution in [0, 0.1) is 0 Å². The van der Waals surface area contributed by atoms with Crippen LogP contribution in [0.5, 0.6) is 0 Å². The van der Waals surface area contributed by atoms with Crippen LogP contribution in [-0.2, 0) is 4.79 Å². The monoisotopic (exact) mass is 344 g/mol. The van der Waals surface area contributed by atoms with Gasteiger partial charge in [0.25, 0.3) is 0 Å². The number of H-pyrrole nitrogens is 2. The van der Waals surface area contributed by atoms with E-state index in [1.807, 2.05) is 43.3 Å². The van der Waals surface area contributed by atoms with Gasteiger partial charge in [0, 0.05) is 0 Å². The summed E-state index contributed by atoms with van der Waals surface area (Å²) in [5.74, 6) is -0.148. The molecule has 0 bridgehead atoms. The Morgan fingerprint density at radius 2 is 1.92 bits per heavy atom. The van der Waals surface area contributed by atoms with Crippen molar-refractivity contribution in [3.8, 4) is 0 Å². The van der Waals surface area contributed by atoms with E-state index in [9.17, 15) is 9.59 Å². The van der Waals surface area contributed by atoms with Crippen LogP contribution in [0.3, 0.4) is 0 Å². The molecule has 3 aromatic rings. The van der Waals surface area contributed by atoms with Crippen molar-refractivity contribution in [1.29, 1.82) is 0 Å². The van der Waals surface area contributed by atoms with E-state index in [0.29, 0.717) is 16.2 Å². The number of benzene rings is 2. The molecule has 6 nitrogen and oxygen atoms in total. The number of nitrogens with one attached hydrogen (secondary N) is 4. The number of amides is 1. The van der Waals surface area contributed by atoms with Crippen LogP contribution in [0.4, 0.5) is 5.69 Å². The number of aromatic nitrogens is 2. The molecule has 3 rings (SSSR count). The largest absolute Gasteiger partial charge is 0.375 e. The molecule has 0 radical (unpaired) electrons. The number of hydrogen-bond donors (Lipinski definition) is 4. The van der Waals surface area contributed by atoms with Gasteiger partial charge in [-0.25, -0.2) is 4.79 Å². The van der Waals surface area contributed by atoms with E-state index in [2.05, 4.69) is 20.6 Å². The second kappa shape index (κ2) is 6.80. The molecule has 0 fully saturated rings. The third-order valence-corrected chi connectivity index (χ3v) is 4.06. The van der Waals surface area contributed by atoms with Crippen LogP contribution in [0.15, 0.2) is 47.3 Å². The molecule has 1 atom stereocenters. The lowest BCUT2D eigenvalue weighted by Crippen LogP contribution is -2.32. The average molecular weight is 345 g/mol. The molecule has 0 aliphatic rings. The van der Waals surface area contributed by atoms with Gasteiger partial charge in [0.1, 0.15) is 0 Å². The van der Waals surface area contributed by atoms with Crippen LogP contribution >= 0.6 is 11.6 Å². The van der Waals surface area contributed by atoms with Crippen molar-refractivity contribution < 1.29 is 4.79 Å². The van der Waals surface area contributed by atoms with E-state index in [4.69, 9.17) is 11.6 Å². The normalized spacial score (nSPS) is 12.1. The minimum atomic E-state index is -0.247. The van der Waals surface area contributed by atoms with Gasteiger partial charge in [-0.3, -0.25) is 4.79 Å². The third-order valence-electron chi connectivity index (χ3n) is 3.73. The van der Waals surface area contributed by atoms with E-state index >= 15 is 0 Å². The van der Waals surface area contributed by atoms with Crippen molar-refractivity contribution in [2.24, 2.45) is 0 Å². The second-order valence-corrected chi connectivity index (χ2v) is 5.91. The van der Waals surface area contributed by atoms with Crippen molar-refractivity contribution in [2.45, 2.75) is 13.0 Å². The lowest BCUT2D eigenvalue weighted by atomic mass is 10.1. The number of para-hydroxylation sites is 1. The zero-order valence-corrected chi connectivity index (χ0v) is 13.8. The number of carbonyl (C=O) groups excluding carboxylic acids is 1. The van der Waals surface area contributed by atoms with Crippen molar-refractivity contribution in [3.63, 3.8) is 0 Å². The van der Waals surface area contributed by atoms with E-state index in [1.165, 1.54) is 0 Å². The number of anilines is 1. The SMILES string of the molecule is CC(NC(=O)CNc1ccccc1Cl)c1ccc2[nH]c(=O)[nH]c2c1. The number of aromatic amines is 2. The molecule has 0 aliphatic heterocycles. The third kappa shape index (κ3) is 3.60. The van der Waals surface area contributed by atoms with E-state index in [-0.39, 0.29) is 24.2 Å². The first-order valence-corrected chi connectivity index (χ1v) is 7.90. The molecule has 0 spiro atoms. The maximum atomic E-state index is 12.1. The summed E-state index contributed by atoms with van der Waals surface area (Å²) in [6, 6.07) is 12.6. The minimum Gasteiger partial charge on any atom is -0.375 e. The summed E-state index contributed by atoms with van der Waals surface area (Å²) in [4.78, 5) is 28.8. The Hall–Kier alpha value is -2.73. The summed E-state index contributed by atoms with van der Waals surface area (Å²) in [7, 11) is 0. The molecule has 0 saturated carbocycles. The predicted molar refractivity (Wildman–Crippen MR) is 95.4 cm³/mol. The molecular weight excluding hydrogens is 328 g/mol. The number of rotatable bonds is 5. The topological polar surface area (TPSA) is 89.8 Å². The molecule has 124 valence electrons. The number of halogens is 1. The highest BCUT2D eigenvalue weighted by Gasteiger charge is 2.11. The zero-order valence-electron chi connectivity index (χ0n) is 13.0. The fourth-order valence-electron chi connectivity index (χ4n) is 2.48. The second-order valence-electron chi connectivity index (χ2n) is 5.51. The number of fused-ring (bicyclic) bond motifs is 1. The van der Waals surface area contributed by atoms with Gasteiger partial charge < -0.3 is 20.6 Å². The Balaban J connectivity index is 1.62. The quantitative estimate of drug-likeness (QED) is 0.573. The van der Waals surface area contributed by atoms with Crippen LogP contribution in [0.1, 0.15) is 18.5 Å². The summed E-state index contributed by atoms with van der Waals surface area (Å²) in [6.07, 6.45) is 0. The Labute approximate surface area is 143 Å².